The van der Waals surface area contributed by atoms with Crippen LogP contribution < -0.4 is 5.73 Å². The van der Waals surface area contributed by atoms with Crippen LogP contribution in [-0.4, -0.2) is 20.3 Å². The van der Waals surface area contributed by atoms with Crippen LogP contribution in [0, 0.1) is 6.92 Å². The van der Waals surface area contributed by atoms with Gasteiger partial charge in [0.25, 0.3) is 0 Å². The highest BCUT2D eigenvalue weighted by molar-refractivity contribution is 8.00. The van der Waals surface area contributed by atoms with Crippen LogP contribution in [-0.2, 0) is 5.75 Å². The maximum Gasteiger partial charge on any atom is 0.237 e. The van der Waals surface area contributed by atoms with Crippen LogP contribution in [0.2, 0.25) is 0 Å². The molecule has 0 atom stereocenters. The van der Waals surface area contributed by atoms with Gasteiger partial charge in [0, 0.05) is 5.56 Å². The fraction of sp³-hybridized carbons (Fsp3) is 0.167. The third-order valence-electron chi connectivity index (χ3n) is 2.52. The first-order valence-electron chi connectivity index (χ1n) is 5.82. The second-order valence-electron chi connectivity index (χ2n) is 4.07. The Labute approximate surface area is 123 Å². The smallest absolute Gasteiger partial charge is 0.237 e. The van der Waals surface area contributed by atoms with Crippen molar-refractivity contribution in [2.24, 2.45) is 0 Å². The highest BCUT2D eigenvalue weighted by Crippen LogP contribution is 2.27. The SMILES string of the molecule is Cc1ccc(-c2noc(CSc3nnc(N)s3)n2)cc1. The Morgan fingerprint density at radius 3 is 2.75 bits per heavy atom. The zero-order valence-electron chi connectivity index (χ0n) is 10.6. The predicted octanol–water partition coefficient (Wildman–Crippen LogP) is 2.77. The molecule has 2 N–H and O–H groups in total. The van der Waals surface area contributed by atoms with Crippen molar-refractivity contribution >= 4 is 28.2 Å². The normalized spacial score (nSPS) is 10.8. The van der Waals surface area contributed by atoms with E-state index in [2.05, 4.69) is 20.3 Å². The molecule has 20 heavy (non-hydrogen) atoms. The van der Waals surface area contributed by atoms with E-state index in [9.17, 15) is 0 Å². The summed E-state index contributed by atoms with van der Waals surface area (Å²) >= 11 is 2.81. The molecule has 0 unspecified atom stereocenters. The molecular weight excluding hydrogens is 294 g/mol. The Kier molecular flexibility index (Phi) is 3.66. The number of benzene rings is 1. The largest absolute Gasteiger partial charge is 0.374 e. The zero-order valence-corrected chi connectivity index (χ0v) is 12.2. The minimum Gasteiger partial charge on any atom is -0.374 e. The fourth-order valence-corrected chi connectivity index (χ4v) is 3.01. The van der Waals surface area contributed by atoms with Crippen LogP contribution in [0.25, 0.3) is 11.4 Å². The average molecular weight is 305 g/mol. The van der Waals surface area contributed by atoms with Crippen molar-refractivity contribution in [2.75, 3.05) is 5.73 Å². The second-order valence-corrected chi connectivity index (χ2v) is 6.30. The molecule has 0 aliphatic rings. The molecular formula is C12H11N5OS2. The van der Waals surface area contributed by atoms with Crippen LogP contribution in [0.15, 0.2) is 33.1 Å². The summed E-state index contributed by atoms with van der Waals surface area (Å²) in [6.07, 6.45) is 0. The van der Waals surface area contributed by atoms with E-state index in [-0.39, 0.29) is 0 Å². The Hall–Kier alpha value is -1.93. The van der Waals surface area contributed by atoms with Gasteiger partial charge >= 0.3 is 0 Å². The van der Waals surface area contributed by atoms with Crippen molar-refractivity contribution in [3.8, 4) is 11.4 Å². The van der Waals surface area contributed by atoms with Gasteiger partial charge in [-0.05, 0) is 6.92 Å². The molecule has 2 aromatic heterocycles. The molecule has 0 saturated heterocycles. The molecule has 0 fully saturated rings. The fourth-order valence-electron chi connectivity index (χ4n) is 1.54. The summed E-state index contributed by atoms with van der Waals surface area (Å²) in [6.45, 7) is 2.04. The number of hydrogen-bond donors (Lipinski definition) is 1. The Balaban J connectivity index is 1.69. The summed E-state index contributed by atoms with van der Waals surface area (Å²) in [5, 5.41) is 12.1. The number of hydrogen-bond acceptors (Lipinski definition) is 8. The minimum absolute atomic E-state index is 0.457. The van der Waals surface area contributed by atoms with E-state index in [0.29, 0.717) is 22.6 Å². The van der Waals surface area contributed by atoms with E-state index >= 15 is 0 Å². The first-order chi connectivity index (χ1) is 9.70. The average Bonchev–Trinajstić information content (AvgIpc) is 3.06. The van der Waals surface area contributed by atoms with Crippen LogP contribution in [0.1, 0.15) is 11.5 Å². The van der Waals surface area contributed by atoms with E-state index < -0.39 is 0 Å². The number of rotatable bonds is 4. The molecule has 0 bridgehead atoms. The third kappa shape index (κ3) is 2.97. The maximum absolute atomic E-state index is 5.52. The molecule has 0 saturated carbocycles. The van der Waals surface area contributed by atoms with E-state index in [1.165, 1.54) is 28.7 Å². The Morgan fingerprint density at radius 2 is 2.05 bits per heavy atom. The van der Waals surface area contributed by atoms with Gasteiger partial charge in [0.1, 0.15) is 0 Å². The lowest BCUT2D eigenvalue weighted by Gasteiger charge is -1.94. The van der Waals surface area contributed by atoms with Crippen LogP contribution in [0.5, 0.6) is 0 Å². The number of nitrogens with zero attached hydrogens (tertiary/aromatic N) is 4. The van der Waals surface area contributed by atoms with E-state index in [1.54, 1.807) is 0 Å². The molecule has 8 heteroatoms. The van der Waals surface area contributed by atoms with Crippen molar-refractivity contribution in [1.82, 2.24) is 20.3 Å². The molecule has 2 heterocycles. The van der Waals surface area contributed by atoms with Crippen LogP contribution in [0.3, 0.4) is 0 Å². The summed E-state index contributed by atoms with van der Waals surface area (Å²) in [5.41, 5.74) is 7.66. The lowest BCUT2D eigenvalue weighted by atomic mass is 10.1. The Morgan fingerprint density at radius 1 is 1.25 bits per heavy atom. The standard InChI is InChI=1S/C12H11N5OS2/c1-7-2-4-8(5-3-7)10-14-9(18-17-10)6-19-12-16-15-11(13)20-12/h2-5H,6H2,1H3,(H2,13,15). The van der Waals surface area contributed by atoms with E-state index in [4.69, 9.17) is 10.3 Å². The first kappa shape index (κ1) is 13.1. The van der Waals surface area contributed by atoms with Gasteiger partial charge < -0.3 is 10.3 Å². The number of aromatic nitrogens is 4. The molecule has 0 amide bonds. The highest BCUT2D eigenvalue weighted by Gasteiger charge is 2.10. The molecule has 0 aliphatic carbocycles. The maximum atomic E-state index is 5.52. The van der Waals surface area contributed by atoms with Gasteiger partial charge in [0.15, 0.2) is 4.34 Å². The number of aryl methyl sites for hydroxylation is 1. The topological polar surface area (TPSA) is 90.7 Å². The molecule has 3 aromatic rings. The third-order valence-corrected chi connectivity index (χ3v) is 4.39. The molecule has 0 spiro atoms. The summed E-state index contributed by atoms with van der Waals surface area (Å²) in [7, 11) is 0. The number of anilines is 1. The molecule has 1 aromatic carbocycles. The van der Waals surface area contributed by atoms with Crippen molar-refractivity contribution in [3.63, 3.8) is 0 Å². The van der Waals surface area contributed by atoms with Crippen LogP contribution in [0.4, 0.5) is 5.13 Å². The summed E-state index contributed by atoms with van der Waals surface area (Å²) in [4.78, 5) is 4.36. The van der Waals surface area contributed by atoms with Gasteiger partial charge in [-0.1, -0.05) is 58.1 Å². The summed E-state index contributed by atoms with van der Waals surface area (Å²) in [5.74, 6) is 1.70. The van der Waals surface area contributed by atoms with Gasteiger partial charge in [0.2, 0.25) is 16.8 Å². The van der Waals surface area contributed by atoms with Crippen molar-refractivity contribution in [2.45, 2.75) is 17.0 Å². The monoisotopic (exact) mass is 305 g/mol. The molecule has 0 radical (unpaired) electrons. The van der Waals surface area contributed by atoms with Crippen molar-refractivity contribution in [1.29, 1.82) is 0 Å². The predicted molar refractivity (Wildman–Crippen MR) is 78.4 cm³/mol. The van der Waals surface area contributed by atoms with Crippen molar-refractivity contribution in [3.05, 3.63) is 35.7 Å². The molecule has 6 nitrogen and oxygen atoms in total. The zero-order chi connectivity index (χ0) is 13.9. The van der Waals surface area contributed by atoms with Crippen molar-refractivity contribution < 1.29 is 4.52 Å². The van der Waals surface area contributed by atoms with Crippen LogP contribution >= 0.6 is 23.1 Å². The quantitative estimate of drug-likeness (QED) is 0.741. The molecule has 102 valence electrons. The lowest BCUT2D eigenvalue weighted by molar-refractivity contribution is 0.391. The number of nitrogens with two attached hydrogens (primary N) is 1. The van der Waals surface area contributed by atoms with Gasteiger partial charge in [0.05, 0.1) is 5.75 Å². The Bertz CT molecular complexity index is 707. The first-order valence-corrected chi connectivity index (χ1v) is 7.62. The van der Waals surface area contributed by atoms with E-state index in [0.717, 1.165) is 9.90 Å². The van der Waals surface area contributed by atoms with Gasteiger partial charge in [-0.3, -0.25) is 0 Å². The highest BCUT2D eigenvalue weighted by atomic mass is 32.2. The van der Waals surface area contributed by atoms with Gasteiger partial charge in [-0.2, -0.15) is 4.98 Å². The molecule has 3 rings (SSSR count). The number of thioether (sulfide) groups is 1. The van der Waals surface area contributed by atoms with E-state index in [1.807, 2.05) is 31.2 Å². The second kappa shape index (κ2) is 5.59. The minimum atomic E-state index is 0.457. The molecule has 0 aliphatic heterocycles. The number of nitrogen functional groups attached to an aromatic ring is 1. The van der Waals surface area contributed by atoms with Gasteiger partial charge in [-0.25, -0.2) is 0 Å². The summed E-state index contributed by atoms with van der Waals surface area (Å²) in [6, 6.07) is 7.99. The van der Waals surface area contributed by atoms with Gasteiger partial charge in [-0.15, -0.1) is 10.2 Å². The summed E-state index contributed by atoms with van der Waals surface area (Å²) < 4.78 is 6.01. The lowest BCUT2D eigenvalue weighted by Crippen LogP contribution is -1.83.